The van der Waals surface area contributed by atoms with Gasteiger partial charge < -0.3 is 9.47 Å². The summed E-state index contributed by atoms with van der Waals surface area (Å²) in [6, 6.07) is 11.3. The largest absolute Gasteiger partial charge is 0.497 e. The van der Waals surface area contributed by atoms with E-state index < -0.39 is 35.0 Å². The number of hydrogen-bond acceptors (Lipinski definition) is 6. The van der Waals surface area contributed by atoms with Gasteiger partial charge in [-0.3, -0.25) is 9.36 Å². The van der Waals surface area contributed by atoms with E-state index >= 15 is 0 Å². The van der Waals surface area contributed by atoms with Crippen molar-refractivity contribution in [1.29, 1.82) is 0 Å². The van der Waals surface area contributed by atoms with Crippen LogP contribution in [0.15, 0.2) is 69.6 Å². The number of carbonyl (C=O) groups excluding carboxylic acids is 1. The van der Waals surface area contributed by atoms with E-state index in [4.69, 9.17) is 21.1 Å². The number of benzene rings is 2. The Balaban J connectivity index is 2.03. The number of esters is 1. The second-order valence-corrected chi connectivity index (χ2v) is 8.84. The number of aromatic nitrogens is 1. The Morgan fingerprint density at radius 3 is 2.57 bits per heavy atom. The number of rotatable bonds is 5. The topological polar surface area (TPSA) is 69.9 Å². The Morgan fingerprint density at radius 2 is 1.94 bits per heavy atom. The van der Waals surface area contributed by atoms with Crippen molar-refractivity contribution in [2.75, 3.05) is 13.7 Å². The van der Waals surface area contributed by atoms with Gasteiger partial charge >= 0.3 is 12.1 Å². The average Bonchev–Trinajstić information content (AvgIpc) is 3.13. The fourth-order valence-corrected chi connectivity index (χ4v) is 4.81. The molecule has 2 heterocycles. The van der Waals surface area contributed by atoms with Gasteiger partial charge in [0.25, 0.3) is 5.56 Å². The summed E-state index contributed by atoms with van der Waals surface area (Å²) in [7, 11) is 1.49. The second-order valence-electron chi connectivity index (χ2n) is 7.39. The van der Waals surface area contributed by atoms with Crippen LogP contribution in [-0.4, -0.2) is 30.4 Å². The standard InChI is InChI=1S/C24H18ClF3N2O4S/c1-3-34-22(32)18-19(14-7-9-15(25)10-8-14)30-21(31)17(12-13-5-4-6-16(11-13)33-2)35-23(30)29-20(18)24(26,27)28/h4-12,19H,3H2,1-2H3/b17-12+/t19-/m0/s1. The minimum Gasteiger partial charge on any atom is -0.497 e. The summed E-state index contributed by atoms with van der Waals surface area (Å²) in [5, 5.41) is 0.344. The molecule has 0 fully saturated rings. The number of hydrogen-bond donors (Lipinski definition) is 0. The lowest BCUT2D eigenvalue weighted by atomic mass is 9.95. The molecule has 0 saturated heterocycles. The molecule has 1 aliphatic rings. The number of allylic oxidation sites excluding steroid dienone is 1. The molecule has 6 nitrogen and oxygen atoms in total. The lowest BCUT2D eigenvalue weighted by Crippen LogP contribution is -2.41. The van der Waals surface area contributed by atoms with Crippen molar-refractivity contribution in [3.05, 3.63) is 95.6 Å². The predicted octanol–water partition coefficient (Wildman–Crippen LogP) is 4.00. The van der Waals surface area contributed by atoms with E-state index in [1.54, 1.807) is 24.3 Å². The smallest absolute Gasteiger partial charge is 0.434 e. The van der Waals surface area contributed by atoms with E-state index in [9.17, 15) is 22.8 Å². The molecule has 0 aliphatic carbocycles. The van der Waals surface area contributed by atoms with Gasteiger partial charge in [0.2, 0.25) is 0 Å². The molecule has 0 saturated carbocycles. The van der Waals surface area contributed by atoms with Gasteiger partial charge in [-0.1, -0.05) is 47.2 Å². The van der Waals surface area contributed by atoms with Crippen LogP contribution in [0.1, 0.15) is 24.1 Å². The number of fused-ring (bicyclic) bond motifs is 1. The Morgan fingerprint density at radius 1 is 1.23 bits per heavy atom. The summed E-state index contributed by atoms with van der Waals surface area (Å²) in [6.07, 6.45) is -3.43. The van der Waals surface area contributed by atoms with E-state index in [-0.39, 0.29) is 21.5 Å². The van der Waals surface area contributed by atoms with Crippen molar-refractivity contribution in [3.8, 4) is 5.75 Å². The number of ether oxygens (including phenoxy) is 2. The molecule has 1 aromatic heterocycles. The lowest BCUT2D eigenvalue weighted by molar-refractivity contribution is -0.140. The van der Waals surface area contributed by atoms with Crippen molar-refractivity contribution in [2.45, 2.75) is 19.1 Å². The average molecular weight is 523 g/mol. The van der Waals surface area contributed by atoms with Crippen LogP contribution in [0.3, 0.4) is 0 Å². The number of thiazole rings is 1. The van der Waals surface area contributed by atoms with Crippen molar-refractivity contribution in [3.63, 3.8) is 0 Å². The molecule has 1 atom stereocenters. The summed E-state index contributed by atoms with van der Waals surface area (Å²) >= 11 is 6.76. The summed E-state index contributed by atoms with van der Waals surface area (Å²) in [4.78, 5) is 29.8. The molecule has 0 radical (unpaired) electrons. The van der Waals surface area contributed by atoms with Crippen LogP contribution in [0.25, 0.3) is 6.08 Å². The normalized spacial score (nSPS) is 16.1. The van der Waals surface area contributed by atoms with E-state index in [1.165, 1.54) is 44.4 Å². The monoisotopic (exact) mass is 522 g/mol. The van der Waals surface area contributed by atoms with Gasteiger partial charge in [-0.25, -0.2) is 9.79 Å². The van der Waals surface area contributed by atoms with Gasteiger partial charge in [0, 0.05) is 5.02 Å². The third kappa shape index (κ3) is 4.89. The molecule has 1 aliphatic heterocycles. The SMILES string of the molecule is CCOC(=O)C1=C(C(F)(F)F)N=c2s/c(=C/c3cccc(OC)c3)c(=O)n2[C@H]1c1ccc(Cl)cc1. The van der Waals surface area contributed by atoms with Crippen LogP contribution in [0, 0.1) is 0 Å². The maximum Gasteiger partial charge on any atom is 0.434 e. The van der Waals surface area contributed by atoms with Crippen LogP contribution >= 0.6 is 22.9 Å². The molecule has 2 aromatic carbocycles. The summed E-state index contributed by atoms with van der Waals surface area (Å²) < 4.78 is 53.6. The first-order valence-corrected chi connectivity index (χ1v) is 11.5. The van der Waals surface area contributed by atoms with Gasteiger partial charge in [0.15, 0.2) is 10.5 Å². The summed E-state index contributed by atoms with van der Waals surface area (Å²) in [5.41, 5.74) is -1.90. The van der Waals surface area contributed by atoms with Crippen LogP contribution in [0.4, 0.5) is 13.2 Å². The molecular formula is C24H18ClF3N2O4S. The van der Waals surface area contributed by atoms with Crippen molar-refractivity contribution < 1.29 is 27.4 Å². The Kier molecular flexibility index (Phi) is 6.86. The van der Waals surface area contributed by atoms with Gasteiger partial charge in [-0.05, 0) is 48.4 Å². The number of nitrogens with zero attached hydrogens (tertiary/aromatic N) is 2. The molecule has 4 rings (SSSR count). The minimum absolute atomic E-state index is 0.141. The van der Waals surface area contributed by atoms with Crippen LogP contribution in [0.5, 0.6) is 5.75 Å². The van der Waals surface area contributed by atoms with E-state index in [2.05, 4.69) is 4.99 Å². The molecule has 35 heavy (non-hydrogen) atoms. The van der Waals surface area contributed by atoms with Crippen molar-refractivity contribution >= 4 is 35.0 Å². The zero-order valence-electron chi connectivity index (χ0n) is 18.4. The maximum atomic E-state index is 14.1. The third-order valence-electron chi connectivity index (χ3n) is 5.17. The third-order valence-corrected chi connectivity index (χ3v) is 6.41. The Hall–Kier alpha value is -3.37. The number of methoxy groups -OCH3 is 1. The van der Waals surface area contributed by atoms with Gasteiger partial charge in [0.1, 0.15) is 5.75 Å². The first kappa shape index (κ1) is 24.7. The summed E-state index contributed by atoms with van der Waals surface area (Å²) in [5.74, 6) is -0.653. The molecule has 11 heteroatoms. The van der Waals surface area contributed by atoms with Gasteiger partial charge in [-0.2, -0.15) is 13.2 Å². The Labute approximate surface area is 206 Å². The molecule has 3 aromatic rings. The number of carbonyl (C=O) groups is 1. The zero-order chi connectivity index (χ0) is 25.3. The molecule has 0 bridgehead atoms. The molecule has 0 spiro atoms. The minimum atomic E-state index is -4.96. The van der Waals surface area contributed by atoms with E-state index in [1.807, 2.05) is 0 Å². The van der Waals surface area contributed by atoms with Crippen molar-refractivity contribution in [2.24, 2.45) is 4.99 Å². The highest BCUT2D eigenvalue weighted by Gasteiger charge is 2.45. The quantitative estimate of drug-likeness (QED) is 0.475. The predicted molar refractivity (Wildman–Crippen MR) is 125 cm³/mol. The van der Waals surface area contributed by atoms with E-state index in [0.29, 0.717) is 16.3 Å². The Bertz CT molecular complexity index is 1490. The molecule has 182 valence electrons. The second kappa shape index (κ2) is 9.71. The van der Waals surface area contributed by atoms with Crippen LogP contribution < -0.4 is 19.6 Å². The maximum absolute atomic E-state index is 14.1. The van der Waals surface area contributed by atoms with Crippen LogP contribution in [0.2, 0.25) is 5.02 Å². The van der Waals surface area contributed by atoms with E-state index in [0.717, 1.165) is 15.9 Å². The van der Waals surface area contributed by atoms with Gasteiger partial charge in [0.05, 0.1) is 29.9 Å². The zero-order valence-corrected chi connectivity index (χ0v) is 20.0. The van der Waals surface area contributed by atoms with Gasteiger partial charge in [-0.15, -0.1) is 0 Å². The van der Waals surface area contributed by atoms with Crippen molar-refractivity contribution in [1.82, 2.24) is 4.57 Å². The molecule has 0 unspecified atom stereocenters. The fraction of sp³-hybridized carbons (Fsp3) is 0.208. The molecule has 0 amide bonds. The first-order valence-electron chi connectivity index (χ1n) is 10.3. The number of alkyl halides is 3. The highest BCUT2D eigenvalue weighted by Crippen LogP contribution is 2.38. The highest BCUT2D eigenvalue weighted by atomic mass is 35.5. The number of halogens is 4. The summed E-state index contributed by atoms with van der Waals surface area (Å²) in [6.45, 7) is 1.33. The van der Waals surface area contributed by atoms with Crippen LogP contribution in [-0.2, 0) is 9.53 Å². The fourth-order valence-electron chi connectivity index (χ4n) is 3.68. The highest BCUT2D eigenvalue weighted by molar-refractivity contribution is 7.07. The molecule has 0 N–H and O–H groups in total. The lowest BCUT2D eigenvalue weighted by Gasteiger charge is -2.26. The first-order chi connectivity index (χ1) is 16.6. The molecular weight excluding hydrogens is 505 g/mol.